The van der Waals surface area contributed by atoms with Gasteiger partial charge in [0.1, 0.15) is 0 Å². The quantitative estimate of drug-likeness (QED) is 0.443. The summed E-state index contributed by atoms with van der Waals surface area (Å²) in [5.74, 6) is 0.732. The van der Waals surface area contributed by atoms with Gasteiger partial charge in [0.15, 0.2) is 11.5 Å². The topological polar surface area (TPSA) is 86.5 Å². The molecule has 1 amide bonds. The minimum atomic E-state index is -4.55. The molecule has 1 N–H and O–H groups in total. The lowest BCUT2D eigenvalue weighted by Gasteiger charge is -2.11. The zero-order valence-corrected chi connectivity index (χ0v) is 18.4. The first-order valence-electron chi connectivity index (χ1n) is 9.02. The Labute approximate surface area is 190 Å². The molecule has 3 aromatic rings. The van der Waals surface area contributed by atoms with Crippen molar-refractivity contribution >= 4 is 35.0 Å². The molecule has 32 heavy (non-hydrogen) atoms. The molecule has 0 radical (unpaired) electrons. The molecule has 0 atom stereocenters. The summed E-state index contributed by atoms with van der Waals surface area (Å²) in [6.07, 6.45) is -4.22. The fourth-order valence-corrected chi connectivity index (χ4v) is 3.39. The summed E-state index contributed by atoms with van der Waals surface area (Å²) < 4.78 is 54.5. The average molecular weight is 488 g/mol. The number of nitrogens with one attached hydrogen (secondary N) is 1. The summed E-state index contributed by atoms with van der Waals surface area (Å²) >= 11 is 6.83. The van der Waals surface area contributed by atoms with Gasteiger partial charge in [0, 0.05) is 0 Å². The number of benzene rings is 2. The number of hydrogen-bond donors (Lipinski definition) is 1. The van der Waals surface area contributed by atoms with Crippen molar-refractivity contribution in [3.05, 3.63) is 58.4 Å². The highest BCUT2D eigenvalue weighted by Gasteiger charge is 2.31. The molecular formula is C20H17ClF3N3O4S. The third kappa shape index (κ3) is 6.07. The van der Waals surface area contributed by atoms with Crippen LogP contribution in [0.15, 0.2) is 46.0 Å². The van der Waals surface area contributed by atoms with Crippen LogP contribution in [-0.2, 0) is 17.4 Å². The smallest absolute Gasteiger partial charge is 0.416 e. The summed E-state index contributed by atoms with van der Waals surface area (Å²) in [4.78, 5) is 12.1. The molecule has 0 saturated carbocycles. The van der Waals surface area contributed by atoms with E-state index in [0.29, 0.717) is 23.8 Å². The molecule has 0 aliphatic rings. The summed E-state index contributed by atoms with van der Waals surface area (Å²) in [7, 11) is 3.07. The monoisotopic (exact) mass is 487 g/mol. The molecule has 0 unspecified atom stereocenters. The molecule has 0 aliphatic carbocycles. The molecular weight excluding hydrogens is 471 g/mol. The van der Waals surface area contributed by atoms with Crippen molar-refractivity contribution in [3.63, 3.8) is 0 Å². The van der Waals surface area contributed by atoms with E-state index in [9.17, 15) is 18.0 Å². The van der Waals surface area contributed by atoms with Crippen LogP contribution in [0.5, 0.6) is 11.5 Å². The van der Waals surface area contributed by atoms with E-state index in [2.05, 4.69) is 15.5 Å². The van der Waals surface area contributed by atoms with Gasteiger partial charge in [-0.15, -0.1) is 10.2 Å². The molecule has 0 bridgehead atoms. The van der Waals surface area contributed by atoms with E-state index in [1.807, 2.05) is 6.07 Å². The van der Waals surface area contributed by atoms with E-state index in [-0.39, 0.29) is 21.7 Å². The Bertz CT molecular complexity index is 1110. The molecule has 12 heteroatoms. The first-order valence-corrected chi connectivity index (χ1v) is 10.4. The fourth-order valence-electron chi connectivity index (χ4n) is 2.64. The molecule has 0 aliphatic heterocycles. The van der Waals surface area contributed by atoms with E-state index >= 15 is 0 Å². The Morgan fingerprint density at radius 1 is 1.12 bits per heavy atom. The van der Waals surface area contributed by atoms with Gasteiger partial charge in [-0.1, -0.05) is 29.4 Å². The lowest BCUT2D eigenvalue weighted by molar-refractivity contribution is -0.137. The SMILES string of the molecule is COc1ccc(Cc2nnc(SCC(=O)Nc3cc(C(F)(F)F)ccc3Cl)o2)cc1OC. The Kier molecular flexibility index (Phi) is 7.52. The number of alkyl halides is 3. The van der Waals surface area contributed by atoms with Gasteiger partial charge in [0.25, 0.3) is 5.22 Å². The fraction of sp³-hybridized carbons (Fsp3) is 0.250. The molecule has 1 heterocycles. The Hall–Kier alpha value is -2.92. The second-order valence-corrected chi connectivity index (χ2v) is 7.69. The van der Waals surface area contributed by atoms with Crippen LogP contribution in [0.3, 0.4) is 0 Å². The van der Waals surface area contributed by atoms with Crippen molar-refractivity contribution in [3.8, 4) is 11.5 Å². The predicted molar refractivity (Wildman–Crippen MR) is 112 cm³/mol. The van der Waals surface area contributed by atoms with Crippen molar-refractivity contribution in [2.24, 2.45) is 0 Å². The van der Waals surface area contributed by atoms with Crippen molar-refractivity contribution in [2.75, 3.05) is 25.3 Å². The number of amides is 1. The van der Waals surface area contributed by atoms with Gasteiger partial charge in [0.2, 0.25) is 11.8 Å². The first-order chi connectivity index (χ1) is 15.2. The van der Waals surface area contributed by atoms with E-state index in [0.717, 1.165) is 35.5 Å². The standard InChI is InChI=1S/C20H17ClF3N3O4S/c1-29-15-6-3-11(7-16(15)30-2)8-18-26-27-19(31-18)32-10-17(28)25-14-9-12(20(22,23)24)4-5-13(14)21/h3-7,9H,8,10H2,1-2H3,(H,25,28). The number of rotatable bonds is 8. The van der Waals surface area contributed by atoms with Crippen LogP contribution in [-0.4, -0.2) is 36.1 Å². The maximum absolute atomic E-state index is 12.8. The number of methoxy groups -OCH3 is 2. The van der Waals surface area contributed by atoms with Crippen molar-refractivity contribution in [2.45, 2.75) is 17.8 Å². The number of ether oxygens (including phenoxy) is 2. The van der Waals surface area contributed by atoms with Crippen LogP contribution < -0.4 is 14.8 Å². The number of carbonyl (C=O) groups is 1. The van der Waals surface area contributed by atoms with Crippen LogP contribution in [0.25, 0.3) is 0 Å². The first kappa shape index (κ1) is 23.7. The van der Waals surface area contributed by atoms with Gasteiger partial charge in [-0.25, -0.2) is 0 Å². The van der Waals surface area contributed by atoms with Crippen LogP contribution in [0.1, 0.15) is 17.0 Å². The normalized spacial score (nSPS) is 11.3. The summed E-state index contributed by atoms with van der Waals surface area (Å²) in [5.41, 5.74) is -0.201. The summed E-state index contributed by atoms with van der Waals surface area (Å²) in [6, 6.07) is 8.05. The number of halogens is 4. The Morgan fingerprint density at radius 3 is 2.56 bits per heavy atom. The van der Waals surface area contributed by atoms with Crippen LogP contribution in [0.2, 0.25) is 5.02 Å². The maximum atomic E-state index is 12.8. The van der Waals surface area contributed by atoms with Crippen molar-refractivity contribution < 1.29 is 31.9 Å². The molecule has 7 nitrogen and oxygen atoms in total. The zero-order valence-electron chi connectivity index (χ0n) is 16.8. The molecule has 0 saturated heterocycles. The summed E-state index contributed by atoms with van der Waals surface area (Å²) in [5, 5.41) is 10.3. The molecule has 0 spiro atoms. The van der Waals surface area contributed by atoms with Gasteiger partial charge in [-0.05, 0) is 35.9 Å². The highest BCUT2D eigenvalue weighted by molar-refractivity contribution is 7.99. The highest BCUT2D eigenvalue weighted by atomic mass is 35.5. The second-order valence-electron chi connectivity index (χ2n) is 6.36. The lowest BCUT2D eigenvalue weighted by atomic mass is 10.1. The molecule has 0 fully saturated rings. The number of hydrogen-bond acceptors (Lipinski definition) is 7. The number of thioether (sulfide) groups is 1. The van der Waals surface area contributed by atoms with Crippen LogP contribution in [0.4, 0.5) is 18.9 Å². The van der Waals surface area contributed by atoms with E-state index in [4.69, 9.17) is 25.5 Å². The van der Waals surface area contributed by atoms with E-state index in [1.165, 1.54) is 14.2 Å². The molecule has 3 rings (SSSR count). The van der Waals surface area contributed by atoms with Crippen LogP contribution >= 0.6 is 23.4 Å². The van der Waals surface area contributed by atoms with Crippen LogP contribution in [0, 0.1) is 0 Å². The van der Waals surface area contributed by atoms with E-state index in [1.54, 1.807) is 12.1 Å². The van der Waals surface area contributed by atoms with Crippen molar-refractivity contribution in [1.82, 2.24) is 10.2 Å². The Morgan fingerprint density at radius 2 is 1.88 bits per heavy atom. The molecule has 1 aromatic heterocycles. The number of anilines is 1. The molecule has 170 valence electrons. The van der Waals surface area contributed by atoms with Gasteiger partial charge in [0.05, 0.1) is 42.7 Å². The minimum absolute atomic E-state index is 0.00801. The number of aromatic nitrogens is 2. The van der Waals surface area contributed by atoms with Gasteiger partial charge < -0.3 is 19.2 Å². The third-order valence-corrected chi connectivity index (χ3v) is 5.29. The zero-order chi connectivity index (χ0) is 23.3. The predicted octanol–water partition coefficient (Wildman–Crippen LogP) is 5.08. The molecule has 2 aromatic carbocycles. The van der Waals surface area contributed by atoms with Crippen molar-refractivity contribution in [1.29, 1.82) is 0 Å². The highest BCUT2D eigenvalue weighted by Crippen LogP contribution is 2.34. The lowest BCUT2D eigenvalue weighted by Crippen LogP contribution is -2.15. The van der Waals surface area contributed by atoms with Gasteiger partial charge in [-0.3, -0.25) is 4.79 Å². The van der Waals surface area contributed by atoms with Gasteiger partial charge in [-0.2, -0.15) is 13.2 Å². The maximum Gasteiger partial charge on any atom is 0.416 e. The average Bonchev–Trinajstić information content (AvgIpc) is 3.20. The third-order valence-electron chi connectivity index (χ3n) is 4.15. The largest absolute Gasteiger partial charge is 0.493 e. The van der Waals surface area contributed by atoms with E-state index < -0.39 is 17.6 Å². The minimum Gasteiger partial charge on any atom is -0.493 e. The Balaban J connectivity index is 1.58. The number of nitrogens with zero attached hydrogens (tertiary/aromatic N) is 2. The van der Waals surface area contributed by atoms with Gasteiger partial charge >= 0.3 is 6.18 Å². The number of carbonyl (C=O) groups excluding carboxylic acids is 1. The second kappa shape index (κ2) is 10.1. The summed E-state index contributed by atoms with van der Waals surface area (Å²) in [6.45, 7) is 0.